The Kier molecular flexibility index (Phi) is 1.62. The largest absolute Gasteiger partial charge is 0.414 e. The van der Waals surface area contributed by atoms with E-state index in [1.54, 1.807) is 0 Å². The summed E-state index contributed by atoms with van der Waals surface area (Å²) >= 11 is 0. The van der Waals surface area contributed by atoms with Crippen molar-refractivity contribution in [3.8, 4) is 0 Å². The SMILES string of the molecule is CN1[C]CC(C(F)(F)F)=C1. The molecule has 0 N–H and O–H groups in total. The third kappa shape index (κ3) is 1.43. The number of hydrogen-bond acceptors (Lipinski definition) is 1. The summed E-state index contributed by atoms with van der Waals surface area (Å²) in [7, 11) is 1.53. The Morgan fingerprint density at radius 2 is 2.20 bits per heavy atom. The zero-order valence-corrected chi connectivity index (χ0v) is 5.37. The lowest BCUT2D eigenvalue weighted by molar-refractivity contribution is -0.0927. The smallest absolute Gasteiger partial charge is 0.369 e. The fourth-order valence-corrected chi connectivity index (χ4v) is 0.708. The highest BCUT2D eigenvalue weighted by Gasteiger charge is 2.36. The van der Waals surface area contributed by atoms with Crippen molar-refractivity contribution in [2.24, 2.45) is 0 Å². The zero-order chi connectivity index (χ0) is 7.78. The van der Waals surface area contributed by atoms with Gasteiger partial charge in [0.1, 0.15) is 0 Å². The summed E-state index contributed by atoms with van der Waals surface area (Å²) in [5.74, 6) is 0. The van der Waals surface area contributed by atoms with Crippen molar-refractivity contribution in [2.45, 2.75) is 12.6 Å². The molecule has 2 radical (unpaired) electrons. The first-order valence-electron chi connectivity index (χ1n) is 2.74. The predicted octanol–water partition coefficient (Wildman–Crippen LogP) is 1.81. The molecule has 4 heteroatoms. The fraction of sp³-hybridized carbons (Fsp3) is 0.500. The third-order valence-electron chi connectivity index (χ3n) is 1.23. The van der Waals surface area contributed by atoms with E-state index in [9.17, 15) is 13.2 Å². The molecule has 1 heterocycles. The van der Waals surface area contributed by atoms with Crippen LogP contribution in [0.3, 0.4) is 0 Å². The molecule has 0 spiro atoms. The maximum Gasteiger partial charge on any atom is 0.414 e. The van der Waals surface area contributed by atoms with E-state index >= 15 is 0 Å². The van der Waals surface area contributed by atoms with E-state index in [1.807, 2.05) is 0 Å². The number of hydrogen-bond donors (Lipinski definition) is 0. The summed E-state index contributed by atoms with van der Waals surface area (Å²) in [6, 6.07) is 0. The van der Waals surface area contributed by atoms with Crippen LogP contribution in [0.1, 0.15) is 6.42 Å². The van der Waals surface area contributed by atoms with Crippen LogP contribution in [0.15, 0.2) is 11.8 Å². The van der Waals surface area contributed by atoms with Gasteiger partial charge in [0, 0.05) is 19.7 Å². The van der Waals surface area contributed by atoms with Crippen LogP contribution in [0, 0.1) is 6.54 Å². The monoisotopic (exact) mass is 149 g/mol. The van der Waals surface area contributed by atoms with Crippen molar-refractivity contribution in [3.05, 3.63) is 18.3 Å². The van der Waals surface area contributed by atoms with Crippen LogP contribution in [0.5, 0.6) is 0 Å². The molecule has 1 rings (SSSR count). The Hall–Kier alpha value is -0.670. The van der Waals surface area contributed by atoms with Crippen LogP contribution in [0.4, 0.5) is 13.2 Å². The number of nitrogens with zero attached hydrogens (tertiary/aromatic N) is 1. The summed E-state index contributed by atoms with van der Waals surface area (Å²) < 4.78 is 35.4. The Labute approximate surface area is 57.1 Å². The molecule has 56 valence electrons. The zero-order valence-electron chi connectivity index (χ0n) is 5.37. The maximum atomic E-state index is 11.8. The maximum absolute atomic E-state index is 11.8. The van der Waals surface area contributed by atoms with Crippen molar-refractivity contribution >= 4 is 0 Å². The minimum Gasteiger partial charge on any atom is -0.369 e. The first-order valence-corrected chi connectivity index (χ1v) is 2.74. The second kappa shape index (κ2) is 2.18. The highest BCUT2D eigenvalue weighted by atomic mass is 19.4. The van der Waals surface area contributed by atoms with Gasteiger partial charge in [0.05, 0.1) is 12.1 Å². The first kappa shape index (κ1) is 7.44. The second-order valence-electron chi connectivity index (χ2n) is 2.10. The minimum absolute atomic E-state index is 0.125. The summed E-state index contributed by atoms with van der Waals surface area (Å²) in [5.41, 5.74) is -0.532. The van der Waals surface area contributed by atoms with Crippen LogP contribution >= 0.6 is 0 Å². The average Bonchev–Trinajstić information content (AvgIpc) is 2.11. The van der Waals surface area contributed by atoms with Crippen molar-refractivity contribution in [1.29, 1.82) is 0 Å². The molecule has 0 atom stereocenters. The summed E-state index contributed by atoms with van der Waals surface area (Å²) in [5, 5.41) is 0. The molecule has 1 aliphatic heterocycles. The van der Waals surface area contributed by atoms with Crippen LogP contribution in [-0.4, -0.2) is 18.1 Å². The summed E-state index contributed by atoms with van der Waals surface area (Å²) in [6.45, 7) is 2.50. The van der Waals surface area contributed by atoms with Crippen LogP contribution < -0.4 is 0 Å². The van der Waals surface area contributed by atoms with Crippen molar-refractivity contribution in [3.63, 3.8) is 0 Å². The van der Waals surface area contributed by atoms with Gasteiger partial charge in [-0.3, -0.25) is 0 Å². The lowest BCUT2D eigenvalue weighted by Gasteiger charge is -2.04. The normalized spacial score (nSPS) is 19.6. The lowest BCUT2D eigenvalue weighted by Crippen LogP contribution is -2.09. The molecule has 0 aromatic heterocycles. The van der Waals surface area contributed by atoms with Gasteiger partial charge < -0.3 is 4.90 Å². The molecule has 1 aliphatic rings. The van der Waals surface area contributed by atoms with Crippen molar-refractivity contribution in [2.75, 3.05) is 7.05 Å². The molecule has 0 aliphatic carbocycles. The minimum atomic E-state index is -4.18. The fourth-order valence-electron chi connectivity index (χ4n) is 0.708. The molecule has 0 saturated carbocycles. The Bertz CT molecular complexity index is 159. The van der Waals surface area contributed by atoms with Gasteiger partial charge >= 0.3 is 6.18 Å². The number of rotatable bonds is 0. The van der Waals surface area contributed by atoms with E-state index in [2.05, 4.69) is 6.54 Å². The molecule has 0 bridgehead atoms. The van der Waals surface area contributed by atoms with Gasteiger partial charge in [-0.15, -0.1) is 0 Å². The number of halogens is 3. The standard InChI is InChI=1S/C6H6F3N/c1-10-3-2-5(4-10)6(7,8)9/h4H,2H2,1H3. The van der Waals surface area contributed by atoms with E-state index in [0.717, 1.165) is 6.20 Å². The van der Waals surface area contributed by atoms with Gasteiger partial charge in [-0.25, -0.2) is 0 Å². The first-order chi connectivity index (χ1) is 4.50. The second-order valence-corrected chi connectivity index (χ2v) is 2.10. The van der Waals surface area contributed by atoms with Gasteiger partial charge in [-0.05, 0) is 0 Å². The lowest BCUT2D eigenvalue weighted by atomic mass is 10.2. The van der Waals surface area contributed by atoms with Gasteiger partial charge in [0.15, 0.2) is 0 Å². The molecule has 0 aromatic carbocycles. The Morgan fingerprint density at radius 3 is 2.40 bits per heavy atom. The van der Waals surface area contributed by atoms with E-state index in [1.165, 1.54) is 11.9 Å². The van der Waals surface area contributed by atoms with Crippen LogP contribution in [0.25, 0.3) is 0 Å². The highest BCUT2D eigenvalue weighted by molar-refractivity contribution is 5.16. The quantitative estimate of drug-likeness (QED) is 0.507. The molecule has 0 unspecified atom stereocenters. The highest BCUT2D eigenvalue weighted by Crippen LogP contribution is 2.32. The van der Waals surface area contributed by atoms with E-state index < -0.39 is 11.7 Å². The van der Waals surface area contributed by atoms with Crippen LogP contribution in [0.2, 0.25) is 0 Å². The van der Waals surface area contributed by atoms with Gasteiger partial charge in [-0.2, -0.15) is 13.2 Å². The van der Waals surface area contributed by atoms with E-state index in [4.69, 9.17) is 0 Å². The third-order valence-corrected chi connectivity index (χ3v) is 1.23. The van der Waals surface area contributed by atoms with Crippen molar-refractivity contribution < 1.29 is 13.2 Å². The molecular weight excluding hydrogens is 143 g/mol. The Morgan fingerprint density at radius 1 is 1.60 bits per heavy atom. The van der Waals surface area contributed by atoms with E-state index in [0.29, 0.717) is 0 Å². The Balaban J connectivity index is 2.67. The van der Waals surface area contributed by atoms with Crippen LogP contribution in [-0.2, 0) is 0 Å². The van der Waals surface area contributed by atoms with Crippen molar-refractivity contribution in [1.82, 2.24) is 4.90 Å². The molecule has 0 amide bonds. The summed E-state index contributed by atoms with van der Waals surface area (Å²) in [4.78, 5) is 1.29. The van der Waals surface area contributed by atoms with Gasteiger partial charge in [0.25, 0.3) is 0 Å². The summed E-state index contributed by atoms with van der Waals surface area (Å²) in [6.07, 6.45) is -3.27. The number of alkyl halides is 3. The van der Waals surface area contributed by atoms with Gasteiger partial charge in [-0.1, -0.05) is 0 Å². The van der Waals surface area contributed by atoms with Gasteiger partial charge in [0.2, 0.25) is 0 Å². The average molecular weight is 149 g/mol. The van der Waals surface area contributed by atoms with E-state index in [-0.39, 0.29) is 6.42 Å². The topological polar surface area (TPSA) is 3.24 Å². The molecule has 0 saturated heterocycles. The molecule has 1 nitrogen and oxygen atoms in total. The molecular formula is C6H6F3N. The predicted molar refractivity (Wildman–Crippen MR) is 29.8 cm³/mol. The molecule has 10 heavy (non-hydrogen) atoms. The molecule has 0 fully saturated rings. The molecule has 0 aromatic rings.